The van der Waals surface area contributed by atoms with Crippen molar-refractivity contribution in [2.45, 2.75) is 197 Å². The molecule has 7 fully saturated rings. The summed E-state index contributed by atoms with van der Waals surface area (Å²) in [7, 11) is 0. The number of esters is 1. The number of fused-ring (bicyclic) bond motifs is 5. The zero-order valence-electron chi connectivity index (χ0n) is 32.9. The fourth-order valence-corrected chi connectivity index (χ4v) is 12.8. The number of hydrogen-bond donors (Lipinski definition) is 6. The molecule has 0 bridgehead atoms. The van der Waals surface area contributed by atoms with Gasteiger partial charge < -0.3 is 63.8 Å². The first-order valence-electron chi connectivity index (χ1n) is 20.9. The smallest absolute Gasteiger partial charge is 0.331 e. The van der Waals surface area contributed by atoms with E-state index in [1.165, 1.54) is 0 Å². The van der Waals surface area contributed by atoms with Gasteiger partial charge >= 0.3 is 5.97 Å². The van der Waals surface area contributed by atoms with E-state index in [1.807, 2.05) is 13.8 Å². The maximum Gasteiger partial charge on any atom is 0.331 e. The minimum absolute atomic E-state index is 0.0452. The number of aliphatic hydroxyl groups is 6. The van der Waals surface area contributed by atoms with Crippen molar-refractivity contribution < 1.29 is 68.6 Å². The standard InChI is InChI=1S/C41H64O14/c1-19-36(47)28(42)15-34(50-19)54-38-21(3)52-35(17-30(38)44)55-37-20(2)51-33(16-29(37)43)53-24-8-10-39(4)23(13-24)6-7-26-27(39)14-31(45)40(5)25(9-11-41(26,40)48)22-12-32(46)49-18-22/h12,19-21,23-31,33-38,42-45,47-48H,6-11,13-18H2,1-5H3/t19?,20?,21?,23-,24?,25?,26-,27-,28?,29?,30?,31?,33+,34+,35+,36?,37?,38?,39+,40+,41+/m1/s1. The molecule has 8 aliphatic rings. The van der Waals surface area contributed by atoms with Crippen LogP contribution in [0, 0.1) is 34.5 Å². The maximum absolute atomic E-state index is 12.6. The molecule has 0 aromatic rings. The molecule has 312 valence electrons. The Bertz CT molecular complexity index is 1410. The zero-order valence-corrected chi connectivity index (χ0v) is 32.9. The summed E-state index contributed by atoms with van der Waals surface area (Å²) in [5.41, 5.74) is -0.892. The first-order chi connectivity index (χ1) is 26.0. The van der Waals surface area contributed by atoms with Gasteiger partial charge in [0.15, 0.2) is 18.9 Å². The summed E-state index contributed by atoms with van der Waals surface area (Å²) < 4.78 is 42.1. The Morgan fingerprint density at radius 1 is 0.691 bits per heavy atom. The average Bonchev–Trinajstić information content (AvgIpc) is 3.67. The third-order valence-electron chi connectivity index (χ3n) is 16.0. The molecule has 0 aromatic heterocycles. The largest absolute Gasteiger partial charge is 0.458 e. The van der Waals surface area contributed by atoms with E-state index >= 15 is 0 Å². The van der Waals surface area contributed by atoms with E-state index in [0.717, 1.165) is 44.1 Å². The van der Waals surface area contributed by atoms with Gasteiger partial charge in [0.05, 0.1) is 54.4 Å². The number of ether oxygens (including phenoxy) is 7. The van der Waals surface area contributed by atoms with Crippen LogP contribution in [-0.4, -0.2) is 135 Å². The van der Waals surface area contributed by atoms with Crippen molar-refractivity contribution in [3.63, 3.8) is 0 Å². The highest BCUT2D eigenvalue weighted by Gasteiger charge is 2.71. The minimum Gasteiger partial charge on any atom is -0.458 e. The van der Waals surface area contributed by atoms with Crippen molar-refractivity contribution in [1.82, 2.24) is 0 Å². The van der Waals surface area contributed by atoms with Gasteiger partial charge in [0, 0.05) is 30.8 Å². The van der Waals surface area contributed by atoms with Crippen molar-refractivity contribution in [3.8, 4) is 0 Å². The van der Waals surface area contributed by atoms with Crippen LogP contribution in [0.25, 0.3) is 0 Å². The third kappa shape index (κ3) is 6.95. The first kappa shape index (κ1) is 40.5. The van der Waals surface area contributed by atoms with E-state index in [0.29, 0.717) is 18.8 Å². The molecule has 14 heteroatoms. The summed E-state index contributed by atoms with van der Waals surface area (Å²) in [6.07, 6.45) is -1.51. The normalized spacial score (nSPS) is 55.5. The number of cyclic esters (lactones) is 1. The summed E-state index contributed by atoms with van der Waals surface area (Å²) in [5, 5.41) is 66.9. The van der Waals surface area contributed by atoms with Crippen LogP contribution in [0.4, 0.5) is 0 Å². The molecular weight excluding hydrogens is 716 g/mol. The Morgan fingerprint density at radius 3 is 1.87 bits per heavy atom. The van der Waals surface area contributed by atoms with Crippen LogP contribution in [-0.2, 0) is 38.0 Å². The third-order valence-corrected chi connectivity index (χ3v) is 16.0. The summed E-state index contributed by atoms with van der Waals surface area (Å²) >= 11 is 0. The van der Waals surface area contributed by atoms with Gasteiger partial charge in [0.1, 0.15) is 24.9 Å². The van der Waals surface area contributed by atoms with Crippen LogP contribution >= 0.6 is 0 Å². The number of aliphatic hydroxyl groups excluding tert-OH is 5. The Morgan fingerprint density at radius 2 is 1.29 bits per heavy atom. The monoisotopic (exact) mass is 780 g/mol. The second kappa shape index (κ2) is 15.1. The molecule has 12 unspecified atom stereocenters. The molecule has 21 atom stereocenters. The molecule has 4 aliphatic carbocycles. The van der Waals surface area contributed by atoms with Crippen molar-refractivity contribution in [1.29, 1.82) is 0 Å². The number of carbonyl (C=O) groups is 1. The van der Waals surface area contributed by atoms with E-state index < -0.39 is 90.9 Å². The van der Waals surface area contributed by atoms with Gasteiger partial charge in [0.25, 0.3) is 0 Å². The number of rotatable bonds is 7. The Balaban J connectivity index is 0.837. The zero-order chi connectivity index (χ0) is 39.2. The minimum atomic E-state index is -1.01. The highest BCUT2D eigenvalue weighted by molar-refractivity contribution is 5.85. The second-order valence-corrected chi connectivity index (χ2v) is 18.8. The SMILES string of the molecule is CC1O[C@@H](OC2C(O)C[C@H](OC3C(O)C[C@H](OC4CC[C@@]5(C)[C@H](CC[C@@H]6[C@H]5CC(O)[C@]5(C)C(C7=CC(=O)OC7)CC[C@]65O)C4)OC3C)OC2C)CC(O)C1O. The highest BCUT2D eigenvalue weighted by Crippen LogP contribution is 2.70. The van der Waals surface area contributed by atoms with E-state index in [2.05, 4.69) is 6.92 Å². The molecule has 4 aliphatic heterocycles. The Kier molecular flexibility index (Phi) is 11.1. The molecule has 4 heterocycles. The molecule has 14 nitrogen and oxygen atoms in total. The van der Waals surface area contributed by atoms with Gasteiger partial charge in [-0.15, -0.1) is 0 Å². The molecule has 8 rings (SSSR count). The Labute approximate surface area is 323 Å². The maximum atomic E-state index is 12.6. The lowest BCUT2D eigenvalue weighted by Gasteiger charge is -2.65. The highest BCUT2D eigenvalue weighted by atomic mass is 16.7. The van der Waals surface area contributed by atoms with Crippen LogP contribution in [0.1, 0.15) is 105 Å². The summed E-state index contributed by atoms with van der Waals surface area (Å²) in [6.45, 7) is 9.90. The van der Waals surface area contributed by atoms with Gasteiger partial charge in [-0.2, -0.15) is 0 Å². The molecule has 0 aromatic carbocycles. The molecule has 3 saturated heterocycles. The second-order valence-electron chi connectivity index (χ2n) is 18.8. The Hall–Kier alpha value is -1.27. The molecule has 6 N–H and O–H groups in total. The molecule has 55 heavy (non-hydrogen) atoms. The number of carbonyl (C=O) groups excluding carboxylic acids is 1. The predicted molar refractivity (Wildman–Crippen MR) is 193 cm³/mol. The van der Waals surface area contributed by atoms with Crippen LogP contribution in [0.3, 0.4) is 0 Å². The van der Waals surface area contributed by atoms with E-state index in [-0.39, 0.29) is 61.1 Å². The molecule has 0 radical (unpaired) electrons. The van der Waals surface area contributed by atoms with E-state index in [1.54, 1.807) is 19.9 Å². The molecule has 0 amide bonds. The lowest BCUT2D eigenvalue weighted by atomic mass is 9.42. The first-order valence-corrected chi connectivity index (χ1v) is 20.9. The van der Waals surface area contributed by atoms with Gasteiger partial charge in [-0.05, 0) is 107 Å². The van der Waals surface area contributed by atoms with Crippen LogP contribution in [0.2, 0.25) is 0 Å². The van der Waals surface area contributed by atoms with Crippen molar-refractivity contribution in [3.05, 3.63) is 11.6 Å². The lowest BCUT2D eigenvalue weighted by Crippen LogP contribution is -2.67. The number of hydrogen-bond acceptors (Lipinski definition) is 14. The van der Waals surface area contributed by atoms with Gasteiger partial charge in [0.2, 0.25) is 0 Å². The van der Waals surface area contributed by atoms with Crippen molar-refractivity contribution in [2.24, 2.45) is 34.5 Å². The van der Waals surface area contributed by atoms with E-state index in [4.69, 9.17) is 33.2 Å². The van der Waals surface area contributed by atoms with Gasteiger partial charge in [-0.3, -0.25) is 0 Å². The van der Waals surface area contributed by atoms with Crippen molar-refractivity contribution in [2.75, 3.05) is 6.61 Å². The molecule has 4 saturated carbocycles. The van der Waals surface area contributed by atoms with E-state index in [9.17, 15) is 35.4 Å². The predicted octanol–water partition coefficient (Wildman–Crippen LogP) is 2.22. The summed E-state index contributed by atoms with van der Waals surface area (Å²) in [4.78, 5) is 11.9. The van der Waals surface area contributed by atoms with Gasteiger partial charge in [-0.25, -0.2) is 4.79 Å². The summed E-state index contributed by atoms with van der Waals surface area (Å²) in [5.74, 6) is 0.204. The topological polar surface area (TPSA) is 203 Å². The lowest BCUT2D eigenvalue weighted by molar-refractivity contribution is -0.336. The van der Waals surface area contributed by atoms with Crippen molar-refractivity contribution >= 4 is 5.97 Å². The van der Waals surface area contributed by atoms with Crippen LogP contribution in [0.5, 0.6) is 0 Å². The average molecular weight is 781 g/mol. The van der Waals surface area contributed by atoms with Crippen LogP contribution in [0.15, 0.2) is 11.6 Å². The summed E-state index contributed by atoms with van der Waals surface area (Å²) in [6, 6.07) is 0. The fraction of sp³-hybridized carbons (Fsp3) is 0.927. The van der Waals surface area contributed by atoms with Crippen LogP contribution < -0.4 is 0 Å². The molecule has 0 spiro atoms. The van der Waals surface area contributed by atoms with Gasteiger partial charge in [-0.1, -0.05) is 13.8 Å². The molecular formula is C41H64O14. The fourth-order valence-electron chi connectivity index (χ4n) is 12.8. The quantitative estimate of drug-likeness (QED) is 0.162.